The second-order valence-corrected chi connectivity index (χ2v) is 5.78. The van der Waals surface area contributed by atoms with Crippen molar-refractivity contribution in [2.75, 3.05) is 20.6 Å². The monoisotopic (exact) mass is 252 g/mol. The summed E-state index contributed by atoms with van der Waals surface area (Å²) in [6, 6.07) is 8.78. The van der Waals surface area contributed by atoms with Crippen LogP contribution in [0.15, 0.2) is 24.3 Å². The first-order chi connectivity index (χ1) is 8.07. The molecule has 1 aromatic rings. The minimum Gasteiger partial charge on any atom is -0.329 e. The zero-order valence-corrected chi connectivity index (χ0v) is 11.4. The molecule has 2 N–H and O–H groups in total. The quantitative estimate of drug-likeness (QED) is 0.873. The molecule has 0 spiro atoms. The fraction of sp³-hybridized carbons (Fsp3) is 0.571. The summed E-state index contributed by atoms with van der Waals surface area (Å²) in [7, 11) is 4.21. The number of hydrogen-bond acceptors (Lipinski definition) is 2. The lowest BCUT2D eigenvalue weighted by Gasteiger charge is -2.27. The van der Waals surface area contributed by atoms with Gasteiger partial charge in [-0.05, 0) is 56.5 Å². The molecule has 1 aromatic carbocycles. The number of hydrogen-bond donors (Lipinski definition) is 1. The van der Waals surface area contributed by atoms with Crippen molar-refractivity contribution < 1.29 is 0 Å². The fourth-order valence-corrected chi connectivity index (χ4v) is 2.62. The number of halogens is 1. The predicted octanol–water partition coefficient (Wildman–Crippen LogP) is 2.65. The lowest BCUT2D eigenvalue weighted by molar-refractivity contribution is 0.264. The Morgan fingerprint density at radius 2 is 1.88 bits per heavy atom. The van der Waals surface area contributed by atoms with Gasteiger partial charge in [0, 0.05) is 17.6 Å². The Balaban J connectivity index is 2.11. The SMILES string of the molecule is CN(C)C(CN)CC1(c2ccc(Cl)cc2)CC1. The molecule has 1 unspecified atom stereocenters. The highest BCUT2D eigenvalue weighted by Crippen LogP contribution is 2.52. The number of nitrogens with zero attached hydrogens (tertiary/aromatic N) is 1. The molecule has 0 bridgehead atoms. The van der Waals surface area contributed by atoms with Crippen molar-refractivity contribution >= 4 is 11.6 Å². The third-order valence-electron chi connectivity index (χ3n) is 3.94. The van der Waals surface area contributed by atoms with Crippen molar-refractivity contribution in [2.24, 2.45) is 5.73 Å². The van der Waals surface area contributed by atoms with Gasteiger partial charge in [0.1, 0.15) is 0 Å². The molecule has 0 heterocycles. The molecule has 94 valence electrons. The number of rotatable bonds is 5. The molecular formula is C14H21ClN2. The minimum atomic E-state index is 0.360. The van der Waals surface area contributed by atoms with Gasteiger partial charge in [0.15, 0.2) is 0 Å². The summed E-state index contributed by atoms with van der Waals surface area (Å²) in [4.78, 5) is 2.23. The van der Waals surface area contributed by atoms with Gasteiger partial charge in [0.05, 0.1) is 0 Å². The van der Waals surface area contributed by atoms with Crippen molar-refractivity contribution in [2.45, 2.75) is 30.7 Å². The molecule has 3 heteroatoms. The van der Waals surface area contributed by atoms with Crippen LogP contribution in [0.1, 0.15) is 24.8 Å². The molecule has 0 saturated heterocycles. The van der Waals surface area contributed by atoms with Gasteiger partial charge in [-0.25, -0.2) is 0 Å². The first-order valence-corrected chi connectivity index (χ1v) is 6.58. The van der Waals surface area contributed by atoms with E-state index in [0.717, 1.165) is 18.0 Å². The van der Waals surface area contributed by atoms with Gasteiger partial charge in [-0.2, -0.15) is 0 Å². The zero-order chi connectivity index (χ0) is 12.5. The third-order valence-corrected chi connectivity index (χ3v) is 4.19. The second kappa shape index (κ2) is 4.97. The molecule has 1 fully saturated rings. The van der Waals surface area contributed by atoms with Crippen molar-refractivity contribution in [1.29, 1.82) is 0 Å². The molecule has 1 aliphatic carbocycles. The average Bonchev–Trinajstić information content (AvgIpc) is 3.07. The van der Waals surface area contributed by atoms with E-state index in [1.165, 1.54) is 18.4 Å². The molecule has 17 heavy (non-hydrogen) atoms. The van der Waals surface area contributed by atoms with E-state index in [2.05, 4.69) is 31.1 Å². The molecule has 2 rings (SSSR count). The van der Waals surface area contributed by atoms with E-state index in [1.54, 1.807) is 0 Å². The highest BCUT2D eigenvalue weighted by molar-refractivity contribution is 6.30. The Labute approximate surface area is 109 Å². The topological polar surface area (TPSA) is 29.3 Å². The zero-order valence-electron chi connectivity index (χ0n) is 10.6. The van der Waals surface area contributed by atoms with Gasteiger partial charge in [0.25, 0.3) is 0 Å². The maximum Gasteiger partial charge on any atom is 0.0406 e. The van der Waals surface area contributed by atoms with Crippen LogP contribution in [-0.4, -0.2) is 31.6 Å². The van der Waals surface area contributed by atoms with Gasteiger partial charge in [-0.3, -0.25) is 0 Å². The first-order valence-electron chi connectivity index (χ1n) is 6.20. The average molecular weight is 253 g/mol. The molecule has 0 amide bonds. The smallest absolute Gasteiger partial charge is 0.0406 e. The normalized spacial score (nSPS) is 19.4. The largest absolute Gasteiger partial charge is 0.329 e. The summed E-state index contributed by atoms with van der Waals surface area (Å²) in [5.41, 5.74) is 7.63. The molecular weight excluding hydrogens is 232 g/mol. The van der Waals surface area contributed by atoms with Crippen LogP contribution in [0.4, 0.5) is 0 Å². The molecule has 1 aliphatic rings. The summed E-state index contributed by atoms with van der Waals surface area (Å²) in [6.45, 7) is 0.725. The van der Waals surface area contributed by atoms with Crippen molar-refractivity contribution in [3.8, 4) is 0 Å². The van der Waals surface area contributed by atoms with E-state index in [4.69, 9.17) is 17.3 Å². The van der Waals surface area contributed by atoms with Crippen LogP contribution in [0.2, 0.25) is 5.02 Å². The van der Waals surface area contributed by atoms with E-state index in [0.29, 0.717) is 11.5 Å². The molecule has 1 atom stereocenters. The predicted molar refractivity (Wildman–Crippen MR) is 73.5 cm³/mol. The molecule has 2 nitrogen and oxygen atoms in total. The molecule has 0 aromatic heterocycles. The Morgan fingerprint density at radius 3 is 2.29 bits per heavy atom. The lowest BCUT2D eigenvalue weighted by atomic mass is 9.88. The Bertz CT molecular complexity index is 368. The standard InChI is InChI=1S/C14H21ClN2/c1-17(2)13(10-16)9-14(7-8-14)11-3-5-12(15)6-4-11/h3-6,13H,7-10,16H2,1-2H3. The van der Waals surface area contributed by atoms with Gasteiger partial charge < -0.3 is 10.6 Å². The highest BCUT2D eigenvalue weighted by atomic mass is 35.5. The van der Waals surface area contributed by atoms with Crippen molar-refractivity contribution in [3.05, 3.63) is 34.9 Å². The van der Waals surface area contributed by atoms with Crippen LogP contribution in [0, 0.1) is 0 Å². The third kappa shape index (κ3) is 2.82. The maximum absolute atomic E-state index is 5.94. The summed E-state index contributed by atoms with van der Waals surface area (Å²) >= 11 is 5.94. The highest BCUT2D eigenvalue weighted by Gasteiger charge is 2.45. The summed E-state index contributed by atoms with van der Waals surface area (Å²) in [6.07, 6.45) is 3.70. The number of benzene rings is 1. The van der Waals surface area contributed by atoms with Crippen LogP contribution < -0.4 is 5.73 Å². The van der Waals surface area contributed by atoms with E-state index in [1.807, 2.05) is 12.1 Å². The van der Waals surface area contributed by atoms with Crippen LogP contribution in [-0.2, 0) is 5.41 Å². The van der Waals surface area contributed by atoms with Gasteiger partial charge in [-0.15, -0.1) is 0 Å². The van der Waals surface area contributed by atoms with Crippen molar-refractivity contribution in [1.82, 2.24) is 4.90 Å². The van der Waals surface area contributed by atoms with Crippen LogP contribution in [0.25, 0.3) is 0 Å². The van der Waals surface area contributed by atoms with E-state index in [9.17, 15) is 0 Å². The van der Waals surface area contributed by atoms with Gasteiger partial charge in [0.2, 0.25) is 0 Å². The maximum atomic E-state index is 5.94. The lowest BCUT2D eigenvalue weighted by Crippen LogP contribution is -2.38. The van der Waals surface area contributed by atoms with Crippen LogP contribution in [0.3, 0.4) is 0 Å². The Hall–Kier alpha value is -0.570. The van der Waals surface area contributed by atoms with Crippen LogP contribution >= 0.6 is 11.6 Å². The molecule has 1 saturated carbocycles. The van der Waals surface area contributed by atoms with Crippen molar-refractivity contribution in [3.63, 3.8) is 0 Å². The van der Waals surface area contributed by atoms with E-state index >= 15 is 0 Å². The Kier molecular flexibility index (Phi) is 3.76. The summed E-state index contributed by atoms with van der Waals surface area (Å²) in [5, 5.41) is 0.813. The minimum absolute atomic E-state index is 0.360. The number of likely N-dealkylation sites (N-methyl/N-ethyl adjacent to an activating group) is 1. The second-order valence-electron chi connectivity index (χ2n) is 5.34. The van der Waals surface area contributed by atoms with E-state index < -0.39 is 0 Å². The molecule has 0 aliphatic heterocycles. The van der Waals surface area contributed by atoms with Gasteiger partial charge >= 0.3 is 0 Å². The fourth-order valence-electron chi connectivity index (χ4n) is 2.49. The Morgan fingerprint density at radius 1 is 1.29 bits per heavy atom. The molecule has 0 radical (unpaired) electrons. The number of nitrogens with two attached hydrogens (primary N) is 1. The van der Waals surface area contributed by atoms with Crippen LogP contribution in [0.5, 0.6) is 0 Å². The van der Waals surface area contributed by atoms with E-state index in [-0.39, 0.29) is 0 Å². The summed E-state index contributed by atoms with van der Waals surface area (Å²) < 4.78 is 0. The summed E-state index contributed by atoms with van der Waals surface area (Å²) in [5.74, 6) is 0. The van der Waals surface area contributed by atoms with Gasteiger partial charge in [-0.1, -0.05) is 23.7 Å². The first kappa shape index (κ1) is 12.9.